The SMILES string of the molecule is CC(C)c1ccc(C=C(C#N)c2[nH]nc(N)c2C#N)cc1. The van der Waals surface area contributed by atoms with Gasteiger partial charge in [0.1, 0.15) is 17.7 Å². The first-order chi connectivity index (χ1) is 10.1. The molecule has 0 atom stereocenters. The fourth-order valence-electron chi connectivity index (χ4n) is 1.97. The van der Waals surface area contributed by atoms with Gasteiger partial charge in [0.25, 0.3) is 0 Å². The van der Waals surface area contributed by atoms with Gasteiger partial charge in [0.2, 0.25) is 0 Å². The molecule has 1 aromatic carbocycles. The van der Waals surface area contributed by atoms with Crippen molar-refractivity contribution < 1.29 is 0 Å². The average molecular weight is 277 g/mol. The van der Waals surface area contributed by atoms with Crippen molar-refractivity contribution in [1.29, 1.82) is 10.5 Å². The van der Waals surface area contributed by atoms with Gasteiger partial charge in [-0.3, -0.25) is 5.10 Å². The summed E-state index contributed by atoms with van der Waals surface area (Å²) in [6, 6.07) is 12.0. The number of nitriles is 2. The Morgan fingerprint density at radius 2 is 1.95 bits per heavy atom. The number of anilines is 1. The van der Waals surface area contributed by atoms with Crippen molar-refractivity contribution in [3.8, 4) is 12.1 Å². The molecule has 2 rings (SSSR count). The average Bonchev–Trinajstić information content (AvgIpc) is 2.86. The number of nitrogens with one attached hydrogen (secondary N) is 1. The first-order valence-corrected chi connectivity index (χ1v) is 6.53. The van der Waals surface area contributed by atoms with E-state index in [1.807, 2.05) is 30.3 Å². The van der Waals surface area contributed by atoms with E-state index >= 15 is 0 Å². The topological polar surface area (TPSA) is 102 Å². The molecule has 0 spiro atoms. The predicted octanol–water partition coefficient (Wildman–Crippen LogP) is 3.05. The number of rotatable bonds is 3. The standard InChI is InChI=1S/C16H15N5/c1-10(2)12-5-3-11(4-6-12)7-13(8-17)15-14(9-18)16(19)21-20-15/h3-7,10H,1-2H3,(H3,19,20,21). The molecule has 21 heavy (non-hydrogen) atoms. The van der Waals surface area contributed by atoms with E-state index in [2.05, 4.69) is 30.1 Å². The van der Waals surface area contributed by atoms with Crippen LogP contribution in [0.5, 0.6) is 0 Å². The highest BCUT2D eigenvalue weighted by Gasteiger charge is 2.14. The van der Waals surface area contributed by atoms with Crippen LogP contribution in [0.3, 0.4) is 0 Å². The Kier molecular flexibility index (Phi) is 4.06. The lowest BCUT2D eigenvalue weighted by molar-refractivity contribution is 0.866. The van der Waals surface area contributed by atoms with Gasteiger partial charge in [-0.2, -0.15) is 15.6 Å². The maximum Gasteiger partial charge on any atom is 0.163 e. The minimum absolute atomic E-state index is 0.101. The first-order valence-electron chi connectivity index (χ1n) is 6.53. The van der Waals surface area contributed by atoms with E-state index in [0.717, 1.165) is 5.56 Å². The van der Waals surface area contributed by atoms with Crippen LogP contribution in [0.25, 0.3) is 11.6 Å². The summed E-state index contributed by atoms with van der Waals surface area (Å²) in [5, 5.41) is 24.8. The Bertz CT molecular complexity index is 751. The molecule has 0 aliphatic carbocycles. The van der Waals surface area contributed by atoms with Crippen molar-refractivity contribution in [2.75, 3.05) is 5.73 Å². The number of nitrogen functional groups attached to an aromatic ring is 1. The molecular weight excluding hydrogens is 262 g/mol. The van der Waals surface area contributed by atoms with Crippen molar-refractivity contribution in [3.63, 3.8) is 0 Å². The van der Waals surface area contributed by atoms with Crippen LogP contribution in [0, 0.1) is 22.7 Å². The number of hydrogen-bond donors (Lipinski definition) is 2. The molecule has 0 amide bonds. The van der Waals surface area contributed by atoms with Gasteiger partial charge in [-0.05, 0) is 23.1 Å². The zero-order valence-electron chi connectivity index (χ0n) is 11.9. The normalized spacial score (nSPS) is 11.2. The van der Waals surface area contributed by atoms with E-state index in [0.29, 0.717) is 17.2 Å². The van der Waals surface area contributed by atoms with Crippen LogP contribution in [0.2, 0.25) is 0 Å². The number of aromatic nitrogens is 2. The molecule has 0 saturated carbocycles. The maximum atomic E-state index is 9.30. The van der Waals surface area contributed by atoms with E-state index in [-0.39, 0.29) is 11.4 Å². The van der Waals surface area contributed by atoms with Gasteiger partial charge < -0.3 is 5.73 Å². The molecule has 0 radical (unpaired) electrons. The predicted molar refractivity (Wildman–Crippen MR) is 81.7 cm³/mol. The molecule has 3 N–H and O–H groups in total. The van der Waals surface area contributed by atoms with Gasteiger partial charge in [0.15, 0.2) is 5.82 Å². The van der Waals surface area contributed by atoms with Gasteiger partial charge in [-0.15, -0.1) is 0 Å². The molecule has 2 aromatic rings. The number of nitrogens with two attached hydrogens (primary N) is 1. The van der Waals surface area contributed by atoms with Crippen LogP contribution in [0.15, 0.2) is 24.3 Å². The van der Waals surface area contributed by atoms with Crippen LogP contribution >= 0.6 is 0 Å². The largest absolute Gasteiger partial charge is 0.381 e. The fourth-order valence-corrected chi connectivity index (χ4v) is 1.97. The third-order valence-corrected chi connectivity index (χ3v) is 3.21. The number of nitrogens with zero attached hydrogens (tertiary/aromatic N) is 3. The number of aromatic amines is 1. The molecule has 1 heterocycles. The van der Waals surface area contributed by atoms with E-state index in [4.69, 9.17) is 11.0 Å². The highest BCUT2D eigenvalue weighted by Crippen LogP contribution is 2.23. The number of hydrogen-bond acceptors (Lipinski definition) is 4. The number of H-pyrrole nitrogens is 1. The van der Waals surface area contributed by atoms with Gasteiger partial charge in [-0.25, -0.2) is 0 Å². The molecular formula is C16H15N5. The Hall–Kier alpha value is -3.05. The van der Waals surface area contributed by atoms with E-state index in [9.17, 15) is 5.26 Å². The van der Waals surface area contributed by atoms with Crippen LogP contribution in [-0.4, -0.2) is 10.2 Å². The molecule has 0 aliphatic rings. The molecule has 5 nitrogen and oxygen atoms in total. The molecule has 0 bridgehead atoms. The third-order valence-electron chi connectivity index (χ3n) is 3.21. The van der Waals surface area contributed by atoms with Crippen LogP contribution in [0.1, 0.15) is 42.1 Å². The lowest BCUT2D eigenvalue weighted by atomic mass is 10.0. The summed E-state index contributed by atoms with van der Waals surface area (Å²) in [5.41, 5.74) is 8.58. The molecule has 0 fully saturated rings. The van der Waals surface area contributed by atoms with Crippen LogP contribution in [0.4, 0.5) is 5.82 Å². The Labute approximate surface area is 123 Å². The lowest BCUT2D eigenvalue weighted by Crippen LogP contribution is -1.90. The van der Waals surface area contributed by atoms with Crippen molar-refractivity contribution >= 4 is 17.5 Å². The van der Waals surface area contributed by atoms with Crippen molar-refractivity contribution in [2.24, 2.45) is 0 Å². The summed E-state index contributed by atoms with van der Waals surface area (Å²) in [6.07, 6.45) is 1.71. The minimum atomic E-state index is 0.101. The first kappa shape index (κ1) is 14.4. The Morgan fingerprint density at radius 1 is 1.29 bits per heavy atom. The highest BCUT2D eigenvalue weighted by molar-refractivity contribution is 5.91. The van der Waals surface area contributed by atoms with Crippen LogP contribution in [-0.2, 0) is 0 Å². The third kappa shape index (κ3) is 2.93. The summed E-state index contributed by atoms with van der Waals surface area (Å²) in [7, 11) is 0. The van der Waals surface area contributed by atoms with Gasteiger partial charge in [-0.1, -0.05) is 38.1 Å². The summed E-state index contributed by atoms with van der Waals surface area (Å²) in [6.45, 7) is 4.25. The van der Waals surface area contributed by atoms with E-state index in [1.54, 1.807) is 6.08 Å². The summed E-state index contributed by atoms with van der Waals surface area (Å²) >= 11 is 0. The van der Waals surface area contributed by atoms with E-state index < -0.39 is 0 Å². The molecule has 104 valence electrons. The second kappa shape index (κ2) is 5.94. The van der Waals surface area contributed by atoms with Crippen LogP contribution < -0.4 is 5.73 Å². The van der Waals surface area contributed by atoms with Crippen molar-refractivity contribution in [1.82, 2.24) is 10.2 Å². The molecule has 0 aliphatic heterocycles. The molecule has 5 heteroatoms. The van der Waals surface area contributed by atoms with Crippen molar-refractivity contribution in [3.05, 3.63) is 46.6 Å². The minimum Gasteiger partial charge on any atom is -0.381 e. The van der Waals surface area contributed by atoms with E-state index in [1.165, 1.54) is 5.56 Å². The van der Waals surface area contributed by atoms with Gasteiger partial charge >= 0.3 is 0 Å². The van der Waals surface area contributed by atoms with Crippen molar-refractivity contribution in [2.45, 2.75) is 19.8 Å². The highest BCUT2D eigenvalue weighted by atomic mass is 15.2. The lowest BCUT2D eigenvalue weighted by Gasteiger charge is -2.05. The fraction of sp³-hybridized carbons (Fsp3) is 0.188. The molecule has 1 aromatic heterocycles. The second-order valence-electron chi connectivity index (χ2n) is 4.96. The summed E-state index contributed by atoms with van der Waals surface area (Å²) in [5.74, 6) is 0.555. The second-order valence-corrected chi connectivity index (χ2v) is 4.96. The smallest absolute Gasteiger partial charge is 0.163 e. The van der Waals surface area contributed by atoms with Gasteiger partial charge in [0, 0.05) is 0 Å². The Balaban J connectivity index is 2.42. The number of benzene rings is 1. The summed E-state index contributed by atoms with van der Waals surface area (Å²) in [4.78, 5) is 0. The van der Waals surface area contributed by atoms with Gasteiger partial charge in [0.05, 0.1) is 11.3 Å². The summed E-state index contributed by atoms with van der Waals surface area (Å²) < 4.78 is 0. The zero-order chi connectivity index (χ0) is 15.4. The molecule has 0 unspecified atom stereocenters. The number of allylic oxidation sites excluding steroid dienone is 1. The Morgan fingerprint density at radius 3 is 2.48 bits per heavy atom. The zero-order valence-corrected chi connectivity index (χ0v) is 11.9. The quantitative estimate of drug-likeness (QED) is 0.841. The molecule has 0 saturated heterocycles. The monoisotopic (exact) mass is 277 g/mol. The maximum absolute atomic E-state index is 9.30.